The molecule has 0 aliphatic heterocycles. The number of hydrogen-bond acceptors (Lipinski definition) is 4. The Labute approximate surface area is 105 Å². The van der Waals surface area contributed by atoms with Crippen LogP contribution < -0.4 is 11.1 Å². The van der Waals surface area contributed by atoms with Gasteiger partial charge in [-0.2, -0.15) is 4.98 Å². The van der Waals surface area contributed by atoms with Crippen molar-refractivity contribution in [3.05, 3.63) is 41.3 Å². The fraction of sp³-hybridized carbons (Fsp3) is 0.167. The van der Waals surface area contributed by atoms with Crippen LogP contribution in [0.4, 0.5) is 17.2 Å². The van der Waals surface area contributed by atoms with Crippen LogP contribution in [0.25, 0.3) is 0 Å². The summed E-state index contributed by atoms with van der Waals surface area (Å²) in [6.45, 7) is 2.09. The maximum absolute atomic E-state index is 5.78. The summed E-state index contributed by atoms with van der Waals surface area (Å²) in [5, 5.41) is 3.35. The van der Waals surface area contributed by atoms with Crippen LogP contribution in [0.15, 0.2) is 30.5 Å². The van der Waals surface area contributed by atoms with Gasteiger partial charge in [0, 0.05) is 5.69 Å². The van der Waals surface area contributed by atoms with E-state index in [4.69, 9.17) is 17.3 Å². The van der Waals surface area contributed by atoms with E-state index in [9.17, 15) is 0 Å². The predicted octanol–water partition coefficient (Wildman–Crippen LogP) is 3.02. The van der Waals surface area contributed by atoms with Crippen LogP contribution in [0.2, 0.25) is 5.28 Å². The summed E-state index contributed by atoms with van der Waals surface area (Å²) in [5.74, 6) is 0.533. The quantitative estimate of drug-likeness (QED) is 0.820. The van der Waals surface area contributed by atoms with E-state index in [0.29, 0.717) is 11.5 Å². The smallest absolute Gasteiger partial charge is 0.224 e. The van der Waals surface area contributed by atoms with Crippen LogP contribution in [0.1, 0.15) is 12.5 Å². The largest absolute Gasteiger partial charge is 0.394 e. The molecule has 0 saturated carbocycles. The number of rotatable bonds is 3. The van der Waals surface area contributed by atoms with E-state index >= 15 is 0 Å². The van der Waals surface area contributed by atoms with Crippen LogP contribution in [0, 0.1) is 0 Å². The molecular formula is C12H13ClN4. The van der Waals surface area contributed by atoms with E-state index < -0.39 is 0 Å². The van der Waals surface area contributed by atoms with Crippen molar-refractivity contribution in [2.45, 2.75) is 13.3 Å². The molecule has 0 amide bonds. The number of nitrogen functional groups attached to an aromatic ring is 1. The van der Waals surface area contributed by atoms with E-state index in [1.54, 1.807) is 0 Å². The van der Waals surface area contributed by atoms with Crippen LogP contribution in [0.5, 0.6) is 0 Å². The number of anilines is 3. The second kappa shape index (κ2) is 5.01. The van der Waals surface area contributed by atoms with Gasteiger partial charge in [0.1, 0.15) is 0 Å². The molecule has 1 aromatic heterocycles. The lowest BCUT2D eigenvalue weighted by Crippen LogP contribution is -2.02. The number of benzene rings is 1. The third-order valence-electron chi connectivity index (χ3n) is 2.44. The van der Waals surface area contributed by atoms with Crippen molar-refractivity contribution in [3.8, 4) is 0 Å². The Morgan fingerprint density at radius 2 is 2.12 bits per heavy atom. The van der Waals surface area contributed by atoms with Gasteiger partial charge in [0.25, 0.3) is 0 Å². The van der Waals surface area contributed by atoms with Crippen LogP contribution in [-0.4, -0.2) is 9.97 Å². The zero-order valence-electron chi connectivity index (χ0n) is 9.44. The van der Waals surface area contributed by atoms with Gasteiger partial charge in [0.15, 0.2) is 5.82 Å². The SMILES string of the molecule is CCc1ccccc1Nc1nc(Cl)ncc1N. The molecule has 4 nitrogen and oxygen atoms in total. The Morgan fingerprint density at radius 1 is 1.35 bits per heavy atom. The molecule has 2 rings (SSSR count). The summed E-state index contributed by atoms with van der Waals surface area (Å²) >= 11 is 5.74. The highest BCUT2D eigenvalue weighted by molar-refractivity contribution is 6.28. The van der Waals surface area contributed by atoms with E-state index in [1.165, 1.54) is 11.8 Å². The lowest BCUT2D eigenvalue weighted by molar-refractivity contribution is 1.13. The second-order valence-corrected chi connectivity index (χ2v) is 3.92. The van der Waals surface area contributed by atoms with Crippen molar-refractivity contribution in [2.75, 3.05) is 11.1 Å². The Kier molecular flexibility index (Phi) is 3.44. The van der Waals surface area contributed by atoms with Gasteiger partial charge in [0.2, 0.25) is 5.28 Å². The van der Waals surface area contributed by atoms with Gasteiger partial charge >= 0.3 is 0 Å². The first kappa shape index (κ1) is 11.7. The molecule has 0 atom stereocenters. The molecular weight excluding hydrogens is 236 g/mol. The number of nitrogens with two attached hydrogens (primary N) is 1. The van der Waals surface area contributed by atoms with Gasteiger partial charge < -0.3 is 11.1 Å². The summed E-state index contributed by atoms with van der Waals surface area (Å²) < 4.78 is 0. The molecule has 1 heterocycles. The van der Waals surface area contributed by atoms with Gasteiger partial charge in [-0.15, -0.1) is 0 Å². The summed E-state index contributed by atoms with van der Waals surface area (Å²) in [6, 6.07) is 8.00. The molecule has 17 heavy (non-hydrogen) atoms. The molecule has 0 saturated heterocycles. The highest BCUT2D eigenvalue weighted by Crippen LogP contribution is 2.24. The first-order valence-corrected chi connectivity index (χ1v) is 5.71. The Hall–Kier alpha value is -1.81. The molecule has 0 aliphatic rings. The van der Waals surface area contributed by atoms with Gasteiger partial charge in [-0.05, 0) is 29.7 Å². The fourth-order valence-corrected chi connectivity index (χ4v) is 1.68. The summed E-state index contributed by atoms with van der Waals surface area (Å²) in [4.78, 5) is 7.87. The van der Waals surface area contributed by atoms with Crippen molar-refractivity contribution in [1.82, 2.24) is 9.97 Å². The fourth-order valence-electron chi connectivity index (χ4n) is 1.55. The molecule has 0 radical (unpaired) electrons. The number of halogens is 1. The minimum atomic E-state index is 0.177. The normalized spacial score (nSPS) is 10.2. The zero-order valence-corrected chi connectivity index (χ0v) is 10.2. The number of aryl methyl sites for hydroxylation is 1. The second-order valence-electron chi connectivity index (χ2n) is 3.58. The monoisotopic (exact) mass is 248 g/mol. The number of para-hydroxylation sites is 1. The van der Waals surface area contributed by atoms with Gasteiger partial charge in [-0.25, -0.2) is 4.98 Å². The van der Waals surface area contributed by atoms with Crippen LogP contribution in [0.3, 0.4) is 0 Å². The minimum Gasteiger partial charge on any atom is -0.394 e. The molecule has 5 heteroatoms. The highest BCUT2D eigenvalue weighted by Gasteiger charge is 2.05. The number of nitrogens with zero attached hydrogens (tertiary/aromatic N) is 2. The summed E-state index contributed by atoms with van der Waals surface area (Å²) in [6.07, 6.45) is 2.42. The average molecular weight is 249 g/mol. The van der Waals surface area contributed by atoms with Crippen molar-refractivity contribution in [3.63, 3.8) is 0 Å². The van der Waals surface area contributed by atoms with Gasteiger partial charge in [0.05, 0.1) is 11.9 Å². The van der Waals surface area contributed by atoms with Gasteiger partial charge in [-0.3, -0.25) is 0 Å². The molecule has 3 N–H and O–H groups in total. The lowest BCUT2D eigenvalue weighted by Gasteiger charge is -2.11. The predicted molar refractivity (Wildman–Crippen MR) is 70.6 cm³/mol. The van der Waals surface area contributed by atoms with E-state index in [2.05, 4.69) is 28.3 Å². The number of hydrogen-bond donors (Lipinski definition) is 2. The molecule has 0 fully saturated rings. The molecule has 0 bridgehead atoms. The first-order valence-electron chi connectivity index (χ1n) is 5.33. The lowest BCUT2D eigenvalue weighted by atomic mass is 10.1. The van der Waals surface area contributed by atoms with Crippen LogP contribution >= 0.6 is 11.6 Å². The molecule has 0 aliphatic carbocycles. The maximum atomic E-state index is 5.78. The molecule has 0 spiro atoms. The zero-order chi connectivity index (χ0) is 12.3. The van der Waals surface area contributed by atoms with Crippen molar-refractivity contribution in [2.24, 2.45) is 0 Å². The topological polar surface area (TPSA) is 63.8 Å². The Morgan fingerprint density at radius 3 is 2.88 bits per heavy atom. The number of aromatic nitrogens is 2. The molecule has 1 aromatic carbocycles. The first-order chi connectivity index (χ1) is 8.20. The Balaban J connectivity index is 2.34. The highest BCUT2D eigenvalue weighted by atomic mass is 35.5. The third kappa shape index (κ3) is 2.65. The van der Waals surface area contributed by atoms with Gasteiger partial charge in [-0.1, -0.05) is 25.1 Å². The molecule has 88 valence electrons. The minimum absolute atomic E-state index is 0.177. The molecule has 2 aromatic rings. The Bertz CT molecular complexity index is 528. The maximum Gasteiger partial charge on any atom is 0.224 e. The summed E-state index contributed by atoms with van der Waals surface area (Å²) in [5.41, 5.74) is 8.43. The number of nitrogens with one attached hydrogen (secondary N) is 1. The average Bonchev–Trinajstić information content (AvgIpc) is 2.34. The van der Waals surface area contributed by atoms with Crippen molar-refractivity contribution >= 4 is 28.8 Å². The standard InChI is InChI=1S/C12H13ClN4/c1-2-8-5-3-4-6-10(8)16-11-9(14)7-15-12(13)17-11/h3-7H,2,14H2,1H3,(H,15,16,17). The summed E-state index contributed by atoms with van der Waals surface area (Å²) in [7, 11) is 0. The van der Waals surface area contributed by atoms with Crippen molar-refractivity contribution < 1.29 is 0 Å². The third-order valence-corrected chi connectivity index (χ3v) is 2.62. The van der Waals surface area contributed by atoms with E-state index in [1.807, 2.05) is 18.2 Å². The van der Waals surface area contributed by atoms with Crippen molar-refractivity contribution in [1.29, 1.82) is 0 Å². The van der Waals surface area contributed by atoms with E-state index in [-0.39, 0.29) is 5.28 Å². The van der Waals surface area contributed by atoms with E-state index in [0.717, 1.165) is 12.1 Å². The molecule has 0 unspecified atom stereocenters. The van der Waals surface area contributed by atoms with Crippen LogP contribution in [-0.2, 0) is 6.42 Å².